The molecule has 0 aromatic carbocycles. The van der Waals surface area contributed by atoms with E-state index in [2.05, 4.69) is 0 Å². The molecule has 0 aliphatic carbocycles. The van der Waals surface area contributed by atoms with Gasteiger partial charge in [0.2, 0.25) is 0 Å². The summed E-state index contributed by atoms with van der Waals surface area (Å²) >= 11 is 0. The van der Waals surface area contributed by atoms with Crippen molar-refractivity contribution in [2.45, 2.75) is 12.0 Å². The fraction of sp³-hybridized carbons (Fsp3) is 0.600. The van der Waals surface area contributed by atoms with Gasteiger partial charge in [-0.1, -0.05) is 0 Å². The fourth-order valence-corrected chi connectivity index (χ4v) is 2.12. The highest BCUT2D eigenvalue weighted by Crippen LogP contribution is 2.23. The Bertz CT molecular complexity index is 468. The topological polar surface area (TPSA) is 120 Å². The minimum atomic E-state index is -4.09. The minimum absolute atomic E-state index is 0.0249. The summed E-state index contributed by atoms with van der Waals surface area (Å²) in [4.78, 5) is 0. The fourth-order valence-electron chi connectivity index (χ4n) is 1.70. The zero-order chi connectivity index (χ0) is 13.8. The van der Waals surface area contributed by atoms with Crippen molar-refractivity contribution in [1.29, 1.82) is 0 Å². The smallest absolute Gasteiger partial charge is 0.266 e. The van der Waals surface area contributed by atoms with E-state index in [1.165, 1.54) is 4.57 Å². The van der Waals surface area contributed by atoms with E-state index in [0.29, 0.717) is 5.69 Å². The Hall–Kier alpha value is -0.930. The Kier molecular flexibility index (Phi) is 4.88. The van der Waals surface area contributed by atoms with Gasteiger partial charge in [-0.15, -0.1) is 0 Å². The van der Waals surface area contributed by atoms with Crippen LogP contribution in [0.2, 0.25) is 0 Å². The Morgan fingerprint density at radius 1 is 1.17 bits per heavy atom. The SMILES string of the molecule is O=S(=O)(O)CCn1cccc1C(CO)(CO)CO. The standard InChI is InChI=1S/C10H17NO6S/c12-6-10(7-13,8-14)9-2-1-3-11(9)4-5-18(15,16)17/h1-3,12-14H,4-8H2,(H,15,16,17). The molecule has 104 valence electrons. The Morgan fingerprint density at radius 3 is 2.17 bits per heavy atom. The number of aliphatic hydroxyl groups excluding tert-OH is 3. The molecule has 0 atom stereocenters. The molecule has 0 bridgehead atoms. The number of aliphatic hydroxyl groups is 3. The van der Waals surface area contributed by atoms with Gasteiger partial charge >= 0.3 is 0 Å². The lowest BCUT2D eigenvalue weighted by Crippen LogP contribution is -2.40. The number of hydrogen-bond donors (Lipinski definition) is 4. The second-order valence-corrected chi connectivity index (χ2v) is 5.70. The number of rotatable bonds is 7. The van der Waals surface area contributed by atoms with Crippen LogP contribution in [0.1, 0.15) is 5.69 Å². The van der Waals surface area contributed by atoms with Crippen LogP contribution in [-0.2, 0) is 22.1 Å². The average Bonchev–Trinajstić information content (AvgIpc) is 2.78. The molecule has 0 spiro atoms. The van der Waals surface area contributed by atoms with Crippen LogP contribution >= 0.6 is 0 Å². The summed E-state index contributed by atoms with van der Waals surface area (Å²) in [5.41, 5.74) is -0.818. The molecule has 8 heteroatoms. The monoisotopic (exact) mass is 279 g/mol. The highest BCUT2D eigenvalue weighted by Gasteiger charge is 2.33. The molecule has 1 aromatic rings. The summed E-state index contributed by atoms with van der Waals surface area (Å²) in [5, 5.41) is 27.9. The van der Waals surface area contributed by atoms with Crippen LogP contribution in [0.3, 0.4) is 0 Å². The van der Waals surface area contributed by atoms with Crippen LogP contribution in [0.15, 0.2) is 18.3 Å². The first-order valence-electron chi connectivity index (χ1n) is 5.32. The molecule has 0 unspecified atom stereocenters. The van der Waals surface area contributed by atoms with Crippen LogP contribution in [0, 0.1) is 0 Å². The maximum absolute atomic E-state index is 10.7. The Morgan fingerprint density at radius 2 is 1.72 bits per heavy atom. The Balaban J connectivity index is 3.01. The van der Waals surface area contributed by atoms with Gasteiger partial charge in [0, 0.05) is 18.4 Å². The van der Waals surface area contributed by atoms with E-state index in [1.807, 2.05) is 0 Å². The molecule has 7 nitrogen and oxygen atoms in total. The molecule has 0 saturated carbocycles. The van der Waals surface area contributed by atoms with Gasteiger partial charge in [0.25, 0.3) is 10.1 Å². The third-order valence-electron chi connectivity index (χ3n) is 2.87. The number of aryl methyl sites for hydroxylation is 1. The zero-order valence-electron chi connectivity index (χ0n) is 9.73. The third-order valence-corrected chi connectivity index (χ3v) is 3.57. The number of nitrogens with zero attached hydrogens (tertiary/aromatic N) is 1. The summed E-state index contributed by atoms with van der Waals surface area (Å²) in [7, 11) is -4.09. The van der Waals surface area contributed by atoms with Gasteiger partial charge in [0.15, 0.2) is 0 Å². The van der Waals surface area contributed by atoms with Gasteiger partial charge in [-0.3, -0.25) is 4.55 Å². The van der Waals surface area contributed by atoms with Crippen molar-refractivity contribution >= 4 is 10.1 Å². The summed E-state index contributed by atoms with van der Waals surface area (Å²) < 4.78 is 31.5. The Labute approximate surface area is 105 Å². The maximum atomic E-state index is 10.7. The predicted octanol–water partition coefficient (Wildman–Crippen LogP) is -1.41. The van der Waals surface area contributed by atoms with E-state index in [1.54, 1.807) is 18.3 Å². The molecule has 1 heterocycles. The first-order chi connectivity index (χ1) is 8.38. The molecular weight excluding hydrogens is 262 g/mol. The van der Waals surface area contributed by atoms with Gasteiger partial charge in [0.05, 0.1) is 31.0 Å². The molecule has 0 radical (unpaired) electrons. The molecule has 0 aliphatic rings. The van der Waals surface area contributed by atoms with Crippen molar-refractivity contribution in [2.75, 3.05) is 25.6 Å². The van der Waals surface area contributed by atoms with Crippen LogP contribution in [0.25, 0.3) is 0 Å². The van der Waals surface area contributed by atoms with E-state index in [9.17, 15) is 23.7 Å². The summed E-state index contributed by atoms with van der Waals surface area (Å²) in [5.74, 6) is -0.479. The van der Waals surface area contributed by atoms with Gasteiger partial charge < -0.3 is 19.9 Å². The summed E-state index contributed by atoms with van der Waals surface area (Å²) in [6.45, 7) is -1.45. The number of hydrogen-bond acceptors (Lipinski definition) is 5. The number of aromatic nitrogens is 1. The van der Waals surface area contributed by atoms with Crippen molar-refractivity contribution < 1.29 is 28.3 Å². The van der Waals surface area contributed by atoms with Crippen molar-refractivity contribution in [2.24, 2.45) is 0 Å². The molecule has 1 aromatic heterocycles. The summed E-state index contributed by atoms with van der Waals surface area (Å²) in [6, 6.07) is 3.18. The highest BCUT2D eigenvalue weighted by atomic mass is 32.2. The zero-order valence-corrected chi connectivity index (χ0v) is 10.5. The predicted molar refractivity (Wildman–Crippen MR) is 63.8 cm³/mol. The minimum Gasteiger partial charge on any atom is -0.395 e. The second kappa shape index (κ2) is 5.81. The second-order valence-electron chi connectivity index (χ2n) is 4.13. The molecule has 4 N–H and O–H groups in total. The quantitative estimate of drug-likeness (QED) is 0.455. The van der Waals surface area contributed by atoms with Gasteiger partial charge in [-0.05, 0) is 12.1 Å². The van der Waals surface area contributed by atoms with Crippen LogP contribution in [0.4, 0.5) is 0 Å². The lowest BCUT2D eigenvalue weighted by Gasteiger charge is -2.29. The first kappa shape index (κ1) is 15.1. The molecule has 0 amide bonds. The van der Waals surface area contributed by atoms with E-state index in [-0.39, 0.29) is 6.54 Å². The van der Waals surface area contributed by atoms with Crippen LogP contribution in [-0.4, -0.2) is 58.4 Å². The van der Waals surface area contributed by atoms with E-state index in [0.717, 1.165) is 0 Å². The van der Waals surface area contributed by atoms with E-state index < -0.39 is 41.1 Å². The molecule has 0 aliphatic heterocycles. The van der Waals surface area contributed by atoms with Gasteiger partial charge in [-0.2, -0.15) is 8.42 Å². The lowest BCUT2D eigenvalue weighted by molar-refractivity contribution is 0.0590. The largest absolute Gasteiger partial charge is 0.395 e. The highest BCUT2D eigenvalue weighted by molar-refractivity contribution is 7.85. The molecule has 0 fully saturated rings. The van der Waals surface area contributed by atoms with Crippen molar-refractivity contribution in [1.82, 2.24) is 4.57 Å². The van der Waals surface area contributed by atoms with Crippen molar-refractivity contribution in [3.63, 3.8) is 0 Å². The average molecular weight is 279 g/mol. The van der Waals surface area contributed by atoms with Gasteiger partial charge in [-0.25, -0.2) is 0 Å². The van der Waals surface area contributed by atoms with Gasteiger partial charge in [0.1, 0.15) is 0 Å². The third kappa shape index (κ3) is 3.30. The van der Waals surface area contributed by atoms with E-state index in [4.69, 9.17) is 4.55 Å². The molecule has 1 rings (SSSR count). The normalized spacial score (nSPS) is 12.9. The van der Waals surface area contributed by atoms with E-state index >= 15 is 0 Å². The molecule has 0 saturated heterocycles. The van der Waals surface area contributed by atoms with Crippen LogP contribution in [0.5, 0.6) is 0 Å². The maximum Gasteiger partial charge on any atom is 0.266 e. The first-order valence-corrected chi connectivity index (χ1v) is 6.93. The molecule has 18 heavy (non-hydrogen) atoms. The van der Waals surface area contributed by atoms with Crippen LogP contribution < -0.4 is 0 Å². The summed E-state index contributed by atoms with van der Waals surface area (Å²) in [6.07, 6.45) is 1.55. The van der Waals surface area contributed by atoms with Crippen molar-refractivity contribution in [3.8, 4) is 0 Å². The lowest BCUT2D eigenvalue weighted by atomic mass is 9.87. The van der Waals surface area contributed by atoms with Crippen molar-refractivity contribution in [3.05, 3.63) is 24.0 Å². The molecular formula is C10H17NO6S.